The van der Waals surface area contributed by atoms with Crippen molar-refractivity contribution in [2.75, 3.05) is 12.4 Å². The fraction of sp³-hybridized carbons (Fsp3) is 0.235. The molecule has 0 saturated heterocycles. The van der Waals surface area contributed by atoms with E-state index in [-0.39, 0.29) is 5.82 Å². The number of ether oxygens (including phenoxy) is 1. The van der Waals surface area contributed by atoms with Crippen LogP contribution in [0.25, 0.3) is 0 Å². The minimum atomic E-state index is -0.744. The third-order valence-electron chi connectivity index (χ3n) is 3.30. The summed E-state index contributed by atoms with van der Waals surface area (Å²) in [4.78, 5) is 12.0. The summed E-state index contributed by atoms with van der Waals surface area (Å²) in [5.74, 6) is -0.799. The number of esters is 1. The second-order valence-corrected chi connectivity index (χ2v) is 4.98. The molecule has 0 heterocycles. The molecule has 2 aromatic rings. The quantitative estimate of drug-likeness (QED) is 0.870. The maximum absolute atomic E-state index is 13.7. The van der Waals surface area contributed by atoms with Gasteiger partial charge in [0.05, 0.1) is 7.11 Å². The number of hydrogen-bond acceptors (Lipinski definition) is 3. The number of rotatable bonds is 4. The second-order valence-electron chi connectivity index (χ2n) is 4.98. The zero-order valence-corrected chi connectivity index (χ0v) is 12.3. The molecule has 0 fully saturated rings. The lowest BCUT2D eigenvalue weighted by Gasteiger charge is -2.19. The van der Waals surface area contributed by atoms with Crippen LogP contribution < -0.4 is 5.32 Å². The van der Waals surface area contributed by atoms with Crippen LogP contribution in [0.4, 0.5) is 10.1 Å². The molecule has 2 rings (SSSR count). The van der Waals surface area contributed by atoms with Gasteiger partial charge in [-0.15, -0.1) is 0 Å². The van der Waals surface area contributed by atoms with E-state index in [0.29, 0.717) is 11.1 Å². The van der Waals surface area contributed by atoms with Gasteiger partial charge in [-0.1, -0.05) is 24.3 Å². The summed E-state index contributed by atoms with van der Waals surface area (Å²) in [5.41, 5.74) is 2.93. The van der Waals surface area contributed by atoms with Gasteiger partial charge in [0.1, 0.15) is 5.82 Å². The Morgan fingerprint density at radius 3 is 2.57 bits per heavy atom. The van der Waals surface area contributed by atoms with Gasteiger partial charge in [-0.2, -0.15) is 0 Å². The predicted octanol–water partition coefficient (Wildman–Crippen LogP) is 3.77. The third kappa shape index (κ3) is 3.60. The minimum absolute atomic E-state index is 0.340. The monoisotopic (exact) mass is 287 g/mol. The average Bonchev–Trinajstić information content (AvgIpc) is 2.47. The second kappa shape index (κ2) is 6.39. The van der Waals surface area contributed by atoms with E-state index in [4.69, 9.17) is 4.74 Å². The molecule has 1 N–H and O–H groups in total. The Labute approximate surface area is 123 Å². The molecule has 110 valence electrons. The summed E-state index contributed by atoms with van der Waals surface area (Å²) in [6.45, 7) is 3.64. The maximum atomic E-state index is 13.7. The Morgan fingerprint density at radius 1 is 1.19 bits per heavy atom. The molecular formula is C17H18FNO2. The van der Waals surface area contributed by atoms with Crippen molar-refractivity contribution in [3.05, 3.63) is 65.0 Å². The van der Waals surface area contributed by atoms with Crippen LogP contribution in [-0.4, -0.2) is 13.1 Å². The molecule has 21 heavy (non-hydrogen) atoms. The van der Waals surface area contributed by atoms with E-state index in [1.165, 1.54) is 13.2 Å². The number of benzene rings is 2. The number of methoxy groups -OCH3 is 1. The van der Waals surface area contributed by atoms with E-state index >= 15 is 0 Å². The number of nitrogens with one attached hydrogen (secondary N) is 1. The fourth-order valence-electron chi connectivity index (χ4n) is 2.09. The summed E-state index contributed by atoms with van der Waals surface area (Å²) >= 11 is 0. The van der Waals surface area contributed by atoms with Crippen molar-refractivity contribution in [1.29, 1.82) is 0 Å². The van der Waals surface area contributed by atoms with Crippen molar-refractivity contribution >= 4 is 11.7 Å². The Bertz CT molecular complexity index is 655. The predicted molar refractivity (Wildman–Crippen MR) is 80.7 cm³/mol. The van der Waals surface area contributed by atoms with E-state index in [9.17, 15) is 9.18 Å². The van der Waals surface area contributed by atoms with Crippen LogP contribution >= 0.6 is 0 Å². The van der Waals surface area contributed by atoms with Gasteiger partial charge in [-0.25, -0.2) is 9.18 Å². The molecule has 0 aromatic heterocycles. The van der Waals surface area contributed by atoms with Gasteiger partial charge in [0.25, 0.3) is 0 Å². The highest BCUT2D eigenvalue weighted by atomic mass is 19.1. The third-order valence-corrected chi connectivity index (χ3v) is 3.30. The molecule has 0 amide bonds. The average molecular weight is 287 g/mol. The van der Waals surface area contributed by atoms with E-state index in [0.717, 1.165) is 11.3 Å². The van der Waals surface area contributed by atoms with Crippen molar-refractivity contribution in [1.82, 2.24) is 0 Å². The first-order valence-corrected chi connectivity index (χ1v) is 6.68. The van der Waals surface area contributed by atoms with Gasteiger partial charge in [0.15, 0.2) is 6.04 Å². The van der Waals surface area contributed by atoms with E-state index in [1.54, 1.807) is 19.1 Å². The molecule has 0 radical (unpaired) electrons. The Kier molecular flexibility index (Phi) is 4.58. The van der Waals surface area contributed by atoms with Gasteiger partial charge in [0.2, 0.25) is 0 Å². The van der Waals surface area contributed by atoms with Gasteiger partial charge in [-0.3, -0.25) is 0 Å². The molecule has 0 aliphatic carbocycles. The lowest BCUT2D eigenvalue weighted by atomic mass is 10.0. The summed E-state index contributed by atoms with van der Waals surface area (Å²) < 4.78 is 18.5. The topological polar surface area (TPSA) is 38.3 Å². The fourth-order valence-corrected chi connectivity index (χ4v) is 2.09. The standard InChI is InChI=1S/C17H18FNO2/c1-11-5-4-6-14(9-11)19-16(17(20)21-3)13-8-7-12(2)15(18)10-13/h4-10,16,19H,1-3H3. The van der Waals surface area contributed by atoms with Gasteiger partial charge < -0.3 is 10.1 Å². The highest BCUT2D eigenvalue weighted by Crippen LogP contribution is 2.23. The Balaban J connectivity index is 2.34. The summed E-state index contributed by atoms with van der Waals surface area (Å²) in [6, 6.07) is 11.6. The summed E-state index contributed by atoms with van der Waals surface area (Å²) in [7, 11) is 1.32. The van der Waals surface area contributed by atoms with Crippen LogP contribution in [0.2, 0.25) is 0 Å². The highest BCUT2D eigenvalue weighted by Gasteiger charge is 2.22. The van der Waals surface area contributed by atoms with Crippen molar-refractivity contribution in [2.45, 2.75) is 19.9 Å². The van der Waals surface area contributed by atoms with Crippen LogP contribution in [0.15, 0.2) is 42.5 Å². The molecule has 4 heteroatoms. The molecule has 1 unspecified atom stereocenters. The minimum Gasteiger partial charge on any atom is -0.467 e. The highest BCUT2D eigenvalue weighted by molar-refractivity contribution is 5.81. The first-order valence-electron chi connectivity index (χ1n) is 6.68. The van der Waals surface area contributed by atoms with Gasteiger partial charge >= 0.3 is 5.97 Å². The molecular weight excluding hydrogens is 269 g/mol. The maximum Gasteiger partial charge on any atom is 0.332 e. The number of carbonyl (C=O) groups is 1. The van der Waals surface area contributed by atoms with Crippen LogP contribution in [0.5, 0.6) is 0 Å². The Hall–Kier alpha value is -2.36. The number of anilines is 1. The van der Waals surface area contributed by atoms with Crippen LogP contribution in [0.1, 0.15) is 22.7 Å². The number of carbonyl (C=O) groups excluding carboxylic acids is 1. The van der Waals surface area contributed by atoms with Crippen LogP contribution in [0, 0.1) is 19.7 Å². The SMILES string of the molecule is COC(=O)C(Nc1cccc(C)c1)c1ccc(C)c(F)c1. The molecule has 0 bridgehead atoms. The first kappa shape index (κ1) is 15.0. The molecule has 1 atom stereocenters. The van der Waals surface area contributed by atoms with Crippen molar-refractivity contribution in [3.8, 4) is 0 Å². The van der Waals surface area contributed by atoms with E-state index in [1.807, 2.05) is 31.2 Å². The lowest BCUT2D eigenvalue weighted by molar-refractivity contribution is -0.141. The van der Waals surface area contributed by atoms with E-state index < -0.39 is 12.0 Å². The zero-order valence-electron chi connectivity index (χ0n) is 12.3. The van der Waals surface area contributed by atoms with Crippen LogP contribution in [-0.2, 0) is 9.53 Å². The van der Waals surface area contributed by atoms with Crippen molar-refractivity contribution in [3.63, 3.8) is 0 Å². The van der Waals surface area contributed by atoms with Crippen molar-refractivity contribution < 1.29 is 13.9 Å². The smallest absolute Gasteiger partial charge is 0.332 e. The molecule has 3 nitrogen and oxygen atoms in total. The summed E-state index contributed by atoms with van der Waals surface area (Å²) in [6.07, 6.45) is 0. The molecule has 0 saturated carbocycles. The lowest BCUT2D eigenvalue weighted by Crippen LogP contribution is -2.22. The first-order chi connectivity index (χ1) is 10.0. The molecule has 0 spiro atoms. The normalized spacial score (nSPS) is 11.8. The number of halogens is 1. The molecule has 2 aromatic carbocycles. The number of hydrogen-bond donors (Lipinski definition) is 1. The van der Waals surface area contributed by atoms with Crippen molar-refractivity contribution in [2.24, 2.45) is 0 Å². The van der Waals surface area contributed by atoms with Gasteiger partial charge in [0, 0.05) is 5.69 Å². The van der Waals surface area contributed by atoms with Crippen LogP contribution in [0.3, 0.4) is 0 Å². The summed E-state index contributed by atoms with van der Waals surface area (Å²) in [5, 5.41) is 3.09. The van der Waals surface area contributed by atoms with Gasteiger partial charge in [-0.05, 0) is 48.7 Å². The number of aryl methyl sites for hydroxylation is 2. The largest absolute Gasteiger partial charge is 0.467 e. The zero-order chi connectivity index (χ0) is 15.4. The molecule has 0 aliphatic heterocycles. The molecule has 0 aliphatic rings. The Morgan fingerprint density at radius 2 is 1.95 bits per heavy atom. The van der Waals surface area contributed by atoms with E-state index in [2.05, 4.69) is 5.32 Å².